The van der Waals surface area contributed by atoms with Crippen LogP contribution in [0.5, 0.6) is 0 Å². The lowest BCUT2D eigenvalue weighted by Gasteiger charge is -2.72. The summed E-state index contributed by atoms with van der Waals surface area (Å²) in [7, 11) is 0. The summed E-state index contributed by atoms with van der Waals surface area (Å²) < 4.78 is 0. The maximum atomic E-state index is 12.6. The maximum absolute atomic E-state index is 12.6. The summed E-state index contributed by atoms with van der Waals surface area (Å²) in [5.41, 5.74) is 1.05. The summed E-state index contributed by atoms with van der Waals surface area (Å²) in [6, 6.07) is 0. The number of carbonyl (C=O) groups is 1. The lowest BCUT2D eigenvalue weighted by atomic mass is 9.32. The second-order valence-corrected chi connectivity index (χ2v) is 14.9. The summed E-state index contributed by atoms with van der Waals surface area (Å²) in [5.74, 6) is 4.10. The van der Waals surface area contributed by atoms with E-state index in [1.54, 1.807) is 0 Å². The normalized spacial score (nSPS) is 56.7. The number of aliphatic hydroxyl groups is 1. The fourth-order valence-corrected chi connectivity index (χ4v) is 11.6. The molecule has 182 valence electrons. The molecule has 5 rings (SSSR count). The molecular formula is C30H50O2. The minimum atomic E-state index is -0.148. The second-order valence-electron chi connectivity index (χ2n) is 14.9. The van der Waals surface area contributed by atoms with Crippen LogP contribution in [0.2, 0.25) is 0 Å². The molecule has 1 N–H and O–H groups in total. The summed E-state index contributed by atoms with van der Waals surface area (Å²) in [6.45, 7) is 17.5. The van der Waals surface area contributed by atoms with E-state index in [1.807, 2.05) is 0 Å². The van der Waals surface area contributed by atoms with Crippen LogP contribution in [-0.4, -0.2) is 17.5 Å². The van der Waals surface area contributed by atoms with Crippen LogP contribution < -0.4 is 0 Å². The Balaban J connectivity index is 1.55. The Labute approximate surface area is 197 Å². The van der Waals surface area contributed by atoms with E-state index >= 15 is 0 Å². The molecule has 10 atom stereocenters. The number of carbonyl (C=O) groups excluding carboxylic acids is 1. The molecule has 32 heavy (non-hydrogen) atoms. The Hall–Kier alpha value is -0.370. The highest BCUT2D eigenvalue weighted by Crippen LogP contribution is 2.77. The fourth-order valence-electron chi connectivity index (χ4n) is 11.6. The molecule has 1 unspecified atom stereocenters. The first-order valence-corrected chi connectivity index (χ1v) is 14.0. The molecule has 0 bridgehead atoms. The maximum Gasteiger partial charge on any atom is 0.126 e. The first kappa shape index (κ1) is 23.4. The van der Waals surface area contributed by atoms with Crippen LogP contribution >= 0.6 is 0 Å². The van der Waals surface area contributed by atoms with E-state index in [0.717, 1.165) is 31.1 Å². The molecule has 0 saturated heterocycles. The minimum absolute atomic E-state index is 0.0273. The van der Waals surface area contributed by atoms with Gasteiger partial charge in [0.1, 0.15) is 6.29 Å². The van der Waals surface area contributed by atoms with Gasteiger partial charge >= 0.3 is 0 Å². The van der Waals surface area contributed by atoms with Crippen molar-refractivity contribution in [1.29, 1.82) is 0 Å². The summed E-state index contributed by atoms with van der Waals surface area (Å²) in [4.78, 5) is 12.6. The molecule has 2 heteroatoms. The smallest absolute Gasteiger partial charge is 0.126 e. The average molecular weight is 443 g/mol. The topological polar surface area (TPSA) is 37.3 Å². The van der Waals surface area contributed by atoms with Gasteiger partial charge in [-0.3, -0.25) is 0 Å². The third-order valence-corrected chi connectivity index (χ3v) is 13.6. The Morgan fingerprint density at radius 1 is 0.781 bits per heavy atom. The third kappa shape index (κ3) is 2.66. The lowest BCUT2D eigenvalue weighted by Crippen LogP contribution is -2.66. The molecule has 0 aromatic carbocycles. The SMILES string of the molecule is CC(C)[C@@H]1CC[C@]2(C=O)CC[C@]3(C)C(CC[C@@H]4[C@@]5(C)CC[C@H](O)C(C)(C)[C@@H]5CC[C@]43C)[C@H]12. The van der Waals surface area contributed by atoms with Gasteiger partial charge in [0.2, 0.25) is 0 Å². The predicted octanol–water partition coefficient (Wildman–Crippen LogP) is 7.28. The van der Waals surface area contributed by atoms with Crippen molar-refractivity contribution in [1.82, 2.24) is 0 Å². The zero-order valence-electron chi connectivity index (χ0n) is 22.0. The van der Waals surface area contributed by atoms with Crippen molar-refractivity contribution < 1.29 is 9.90 Å². The number of fused-ring (bicyclic) bond motifs is 7. The van der Waals surface area contributed by atoms with Gasteiger partial charge in [-0.1, -0.05) is 48.5 Å². The van der Waals surface area contributed by atoms with Gasteiger partial charge in [0, 0.05) is 5.41 Å². The highest BCUT2D eigenvalue weighted by molar-refractivity contribution is 5.61. The molecule has 5 fully saturated rings. The van der Waals surface area contributed by atoms with Crippen molar-refractivity contribution in [3.8, 4) is 0 Å². The molecular weight excluding hydrogens is 392 g/mol. The number of rotatable bonds is 2. The predicted molar refractivity (Wildman–Crippen MR) is 131 cm³/mol. The van der Waals surface area contributed by atoms with Gasteiger partial charge in [-0.15, -0.1) is 0 Å². The summed E-state index contributed by atoms with van der Waals surface area (Å²) in [5, 5.41) is 10.9. The molecule has 5 saturated carbocycles. The Morgan fingerprint density at radius 2 is 1.50 bits per heavy atom. The van der Waals surface area contributed by atoms with E-state index in [1.165, 1.54) is 51.2 Å². The van der Waals surface area contributed by atoms with Gasteiger partial charge in [-0.05, 0) is 121 Å². The molecule has 0 radical (unpaired) electrons. The van der Waals surface area contributed by atoms with Crippen molar-refractivity contribution >= 4 is 6.29 Å². The van der Waals surface area contributed by atoms with Crippen LogP contribution in [0.4, 0.5) is 0 Å². The molecule has 0 aromatic heterocycles. The van der Waals surface area contributed by atoms with Gasteiger partial charge in [-0.25, -0.2) is 0 Å². The second kappa shape index (κ2) is 7.08. The van der Waals surface area contributed by atoms with Crippen molar-refractivity contribution in [2.24, 2.45) is 62.6 Å². The van der Waals surface area contributed by atoms with E-state index in [-0.39, 0.29) is 16.9 Å². The summed E-state index contributed by atoms with van der Waals surface area (Å²) in [6.07, 6.45) is 13.5. The van der Waals surface area contributed by atoms with Crippen LogP contribution in [0.15, 0.2) is 0 Å². The highest BCUT2D eigenvalue weighted by Gasteiger charge is 2.70. The van der Waals surface area contributed by atoms with Crippen LogP contribution in [0, 0.1) is 62.6 Å². The van der Waals surface area contributed by atoms with Crippen LogP contribution in [-0.2, 0) is 4.79 Å². The lowest BCUT2D eigenvalue weighted by molar-refractivity contribution is -0.246. The molecule has 2 nitrogen and oxygen atoms in total. The van der Waals surface area contributed by atoms with Crippen LogP contribution in [0.25, 0.3) is 0 Å². The number of hydrogen-bond donors (Lipinski definition) is 1. The molecule has 0 heterocycles. The molecule has 0 spiro atoms. The fraction of sp³-hybridized carbons (Fsp3) is 0.967. The Bertz CT molecular complexity index is 771. The van der Waals surface area contributed by atoms with Crippen LogP contribution in [0.1, 0.15) is 113 Å². The average Bonchev–Trinajstić information content (AvgIpc) is 3.12. The molecule has 5 aliphatic rings. The van der Waals surface area contributed by atoms with Gasteiger partial charge in [0.05, 0.1) is 6.10 Å². The Morgan fingerprint density at radius 3 is 2.16 bits per heavy atom. The van der Waals surface area contributed by atoms with Gasteiger partial charge in [0.15, 0.2) is 0 Å². The number of hydrogen-bond acceptors (Lipinski definition) is 2. The highest BCUT2D eigenvalue weighted by atomic mass is 16.3. The zero-order chi connectivity index (χ0) is 23.3. The Kier molecular flexibility index (Phi) is 5.17. The van der Waals surface area contributed by atoms with E-state index in [2.05, 4.69) is 48.5 Å². The van der Waals surface area contributed by atoms with Crippen molar-refractivity contribution in [2.75, 3.05) is 0 Å². The molecule has 0 aliphatic heterocycles. The first-order chi connectivity index (χ1) is 14.9. The van der Waals surface area contributed by atoms with Crippen molar-refractivity contribution in [3.63, 3.8) is 0 Å². The molecule has 5 aliphatic carbocycles. The van der Waals surface area contributed by atoms with E-state index in [4.69, 9.17) is 0 Å². The van der Waals surface area contributed by atoms with Crippen molar-refractivity contribution in [3.05, 3.63) is 0 Å². The van der Waals surface area contributed by atoms with Crippen LogP contribution in [0.3, 0.4) is 0 Å². The van der Waals surface area contributed by atoms with Gasteiger partial charge in [-0.2, -0.15) is 0 Å². The minimum Gasteiger partial charge on any atom is -0.393 e. The van der Waals surface area contributed by atoms with Gasteiger partial charge in [0.25, 0.3) is 0 Å². The standard InChI is InChI=1S/C30H50O2/c1-19(2)20-10-15-30(18-31)17-16-28(6)21(25(20)30)8-9-23-27(5)13-12-24(32)26(3,4)22(27)11-14-29(23,28)7/h18-25,32H,8-17H2,1-7H3/t20-,21?,22-,23+,24-,25-,27-,28+,29+,30+/m0/s1. The van der Waals surface area contributed by atoms with Crippen molar-refractivity contribution in [2.45, 2.75) is 119 Å². The summed E-state index contributed by atoms with van der Waals surface area (Å²) >= 11 is 0. The quantitative estimate of drug-likeness (QED) is 0.456. The van der Waals surface area contributed by atoms with Gasteiger partial charge < -0.3 is 9.90 Å². The van der Waals surface area contributed by atoms with E-state index < -0.39 is 0 Å². The number of aliphatic hydroxyl groups excluding tert-OH is 1. The number of aldehydes is 1. The zero-order valence-corrected chi connectivity index (χ0v) is 22.0. The molecule has 0 aromatic rings. The monoisotopic (exact) mass is 442 g/mol. The van der Waals surface area contributed by atoms with E-state index in [9.17, 15) is 9.90 Å². The molecule has 0 amide bonds. The third-order valence-electron chi connectivity index (χ3n) is 13.6. The van der Waals surface area contributed by atoms with E-state index in [0.29, 0.717) is 39.9 Å². The first-order valence-electron chi connectivity index (χ1n) is 14.0. The largest absolute Gasteiger partial charge is 0.393 e.